The molecule has 0 radical (unpaired) electrons. The zero-order valence-electron chi connectivity index (χ0n) is 65.2. The molecule has 0 aliphatic heterocycles. The summed E-state index contributed by atoms with van der Waals surface area (Å²) in [4.78, 5) is 60.8. The molecule has 13 nitrogen and oxygen atoms in total. The maximum Gasteiger partial charge on any atom is 0.313 e. The first-order valence-electron chi connectivity index (χ1n) is 40.1. The maximum absolute atomic E-state index is 12.3. The Balaban J connectivity index is 0.000000170. The van der Waals surface area contributed by atoms with Gasteiger partial charge in [-0.2, -0.15) is 0 Å². The van der Waals surface area contributed by atoms with Crippen LogP contribution in [0, 0.1) is 104 Å². The first kappa shape index (κ1) is 80.5. The zero-order valence-corrected chi connectivity index (χ0v) is 65.2. The first-order valence-corrected chi connectivity index (χ1v) is 40.1. The van der Waals surface area contributed by atoms with Crippen LogP contribution in [0.4, 0.5) is 0 Å². The Morgan fingerprint density at radius 2 is 0.760 bits per heavy atom. The average Bonchev–Trinajstić information content (AvgIpc) is 1.54. The van der Waals surface area contributed by atoms with Gasteiger partial charge in [0.05, 0.1) is 45.4 Å². The minimum atomic E-state index is -0.415. The standard InChI is InChI=1S/C20H32O3.C18H30O3.C16H30O2.C15H26O3.C14H26O2/c1-5-20(3,4)19(21)23-11(2)22-16-10-14-9-15(16)18-13-7-6-12(8-13)17(14)18;1-5-18(3,4)17(19)21-11(2)20-16-14-7-12-6-13(9-14)10-15(16)8-12;1-5-15(3,4)14(17)18-16(6-2)12-10-8-7-9-11-13-16;1-5-15(3,4)14(16)18-10(2)17-13-9-11-6-7-12(13)8-11;1-6-13(4,5)12(15)16-14(11(2)3)9-7-8-10-14/h11-18H,5-10H2,1-4H3;11-16H,5-10H2,1-4H3;5-13H2,1-4H3;10-13H,5-9H2,1-4H3;11H,6-10H2,1-5H3. The van der Waals surface area contributed by atoms with Crippen LogP contribution in [-0.2, 0) is 61.9 Å². The fourth-order valence-corrected chi connectivity index (χ4v) is 19.1. The zero-order chi connectivity index (χ0) is 70.9. The summed E-state index contributed by atoms with van der Waals surface area (Å²) in [6.07, 6.45) is 36.5. The molecule has 12 aliphatic carbocycles. The summed E-state index contributed by atoms with van der Waals surface area (Å²) in [6.45, 7) is 41.8. The molecule has 0 spiro atoms. The molecular weight excluding hydrogens is 1200 g/mol. The third kappa shape index (κ3) is 20.1. The monoisotopic (exact) mass is 1350 g/mol. The summed E-state index contributed by atoms with van der Waals surface area (Å²) in [6, 6.07) is 0. The van der Waals surface area contributed by atoms with Crippen LogP contribution in [0.3, 0.4) is 0 Å². The molecule has 12 aliphatic rings. The van der Waals surface area contributed by atoms with Crippen molar-refractivity contribution in [2.45, 2.75) is 393 Å². The van der Waals surface area contributed by atoms with E-state index in [-0.39, 0.29) is 51.9 Å². The Hall–Kier alpha value is -2.77. The maximum atomic E-state index is 12.3. The molecule has 13 atom stereocenters. The van der Waals surface area contributed by atoms with Crippen LogP contribution in [-0.4, -0.2) is 78.2 Å². The van der Waals surface area contributed by atoms with Gasteiger partial charge in [0.1, 0.15) is 11.2 Å². The predicted octanol–water partition coefficient (Wildman–Crippen LogP) is 20.9. The molecule has 12 fully saturated rings. The van der Waals surface area contributed by atoms with Crippen LogP contribution in [0.15, 0.2) is 0 Å². The number of rotatable bonds is 23. The highest BCUT2D eigenvalue weighted by atomic mass is 16.7. The Bertz CT molecular complexity index is 2450. The minimum Gasteiger partial charge on any atom is -0.459 e. The van der Waals surface area contributed by atoms with E-state index < -0.39 is 35.1 Å². The van der Waals surface area contributed by atoms with Crippen LogP contribution >= 0.6 is 0 Å². The van der Waals surface area contributed by atoms with E-state index in [1.807, 2.05) is 118 Å². The van der Waals surface area contributed by atoms with Crippen LogP contribution in [0.25, 0.3) is 0 Å². The van der Waals surface area contributed by atoms with Crippen molar-refractivity contribution < 1.29 is 61.9 Å². The second-order valence-corrected chi connectivity index (χ2v) is 36.6. The molecule has 96 heavy (non-hydrogen) atoms. The Labute approximate surface area is 585 Å². The van der Waals surface area contributed by atoms with Gasteiger partial charge in [0, 0.05) is 0 Å². The summed E-state index contributed by atoms with van der Waals surface area (Å²) in [5.41, 5.74) is -2.28. The van der Waals surface area contributed by atoms with Crippen molar-refractivity contribution in [3.05, 3.63) is 0 Å². The number of hydrogen-bond acceptors (Lipinski definition) is 13. The Kier molecular flexibility index (Phi) is 28.5. The number of carbonyl (C=O) groups is 5. The largest absolute Gasteiger partial charge is 0.459 e. The molecule has 0 aromatic carbocycles. The molecule has 10 bridgehead atoms. The fraction of sp³-hybridized carbons (Fsp3) is 0.940. The van der Waals surface area contributed by atoms with Gasteiger partial charge < -0.3 is 37.9 Å². The lowest BCUT2D eigenvalue weighted by molar-refractivity contribution is -0.224. The molecular formula is C83H144O13. The first-order chi connectivity index (χ1) is 45.0. The van der Waals surface area contributed by atoms with Gasteiger partial charge in [-0.3, -0.25) is 24.0 Å². The quantitative estimate of drug-likeness (QED) is 0.0412. The molecule has 13 heteroatoms. The van der Waals surface area contributed by atoms with Crippen molar-refractivity contribution in [2.24, 2.45) is 104 Å². The topological polar surface area (TPSA) is 159 Å². The highest BCUT2D eigenvalue weighted by Crippen LogP contribution is 2.68. The van der Waals surface area contributed by atoms with E-state index >= 15 is 0 Å². The predicted molar refractivity (Wildman–Crippen MR) is 382 cm³/mol. The SMILES string of the molecule is CCC(C)(C)C(=O)OC(C)OC1C2CC3CC(C2)CC1C3.CCC(C)(C)C(=O)OC(C)OC1CC2CC1C1C3CCC(C3)C21.CCC(C)(C)C(=O)OC(C)OC1CC2CCC1C2.CCC(C)(C)C(=O)OC1(C(C)C)CCCC1.CCC1(OC(=O)C(C)(C)CC)CCCCCCC1. The fourth-order valence-electron chi connectivity index (χ4n) is 19.1. The number of ether oxygens (including phenoxy) is 8. The van der Waals surface area contributed by atoms with Crippen LogP contribution in [0.5, 0.6) is 0 Å². The van der Waals surface area contributed by atoms with Crippen molar-refractivity contribution in [3.8, 4) is 0 Å². The molecule has 0 saturated heterocycles. The number of fused-ring (bicyclic) bond motifs is 11. The summed E-state index contributed by atoms with van der Waals surface area (Å²) in [5, 5.41) is 0. The van der Waals surface area contributed by atoms with Crippen molar-refractivity contribution in [2.75, 3.05) is 0 Å². The van der Waals surface area contributed by atoms with E-state index in [2.05, 4.69) is 27.7 Å². The number of hydrogen-bond donors (Lipinski definition) is 0. The van der Waals surface area contributed by atoms with Crippen LogP contribution < -0.4 is 0 Å². The summed E-state index contributed by atoms with van der Waals surface area (Å²) < 4.78 is 46.7. The van der Waals surface area contributed by atoms with Crippen molar-refractivity contribution in [1.82, 2.24) is 0 Å². The highest BCUT2D eigenvalue weighted by Gasteiger charge is 2.63. The molecule has 0 aromatic rings. The second kappa shape index (κ2) is 34.0. The van der Waals surface area contributed by atoms with E-state index in [0.717, 1.165) is 124 Å². The molecule has 0 N–H and O–H groups in total. The summed E-state index contributed by atoms with van der Waals surface area (Å²) >= 11 is 0. The van der Waals surface area contributed by atoms with Gasteiger partial charge in [-0.05, 0) is 347 Å². The normalized spacial score (nSPS) is 32.8. The number of carbonyl (C=O) groups excluding carboxylic acids is 5. The molecule has 0 heterocycles. The molecule has 12 rings (SSSR count). The van der Waals surface area contributed by atoms with Gasteiger partial charge in [-0.25, -0.2) is 0 Å². The lowest BCUT2D eigenvalue weighted by atomic mass is 9.55. The summed E-state index contributed by atoms with van der Waals surface area (Å²) in [7, 11) is 0. The van der Waals surface area contributed by atoms with E-state index in [1.165, 1.54) is 128 Å². The third-order valence-corrected chi connectivity index (χ3v) is 27.6. The van der Waals surface area contributed by atoms with Gasteiger partial charge in [-0.15, -0.1) is 0 Å². The van der Waals surface area contributed by atoms with Crippen LogP contribution in [0.1, 0.15) is 344 Å². The average molecular weight is 1350 g/mol. The van der Waals surface area contributed by atoms with Gasteiger partial charge in [0.15, 0.2) is 18.9 Å². The number of esters is 5. The summed E-state index contributed by atoms with van der Waals surface area (Å²) in [5.74, 6) is 10.4. The van der Waals surface area contributed by atoms with Gasteiger partial charge in [-0.1, -0.05) is 74.7 Å². The van der Waals surface area contributed by atoms with Gasteiger partial charge >= 0.3 is 29.8 Å². The second-order valence-electron chi connectivity index (χ2n) is 36.6. The highest BCUT2D eigenvalue weighted by molar-refractivity contribution is 5.78. The van der Waals surface area contributed by atoms with E-state index in [9.17, 15) is 24.0 Å². The third-order valence-electron chi connectivity index (χ3n) is 27.6. The van der Waals surface area contributed by atoms with Gasteiger partial charge in [0.2, 0.25) is 0 Å². The smallest absolute Gasteiger partial charge is 0.313 e. The molecule has 554 valence electrons. The van der Waals surface area contributed by atoms with E-state index in [0.29, 0.717) is 42.0 Å². The molecule has 0 aromatic heterocycles. The lowest BCUT2D eigenvalue weighted by Crippen LogP contribution is -2.50. The molecule has 12 saturated carbocycles. The molecule has 0 amide bonds. The van der Waals surface area contributed by atoms with Crippen molar-refractivity contribution >= 4 is 29.8 Å². The minimum absolute atomic E-state index is 0.00702. The lowest BCUT2D eigenvalue weighted by Gasteiger charge is -2.54. The Morgan fingerprint density at radius 1 is 0.365 bits per heavy atom. The van der Waals surface area contributed by atoms with Crippen molar-refractivity contribution in [3.63, 3.8) is 0 Å². The van der Waals surface area contributed by atoms with E-state index in [1.54, 1.807) is 0 Å². The molecule has 13 unspecified atom stereocenters. The van der Waals surface area contributed by atoms with E-state index in [4.69, 9.17) is 37.9 Å². The Morgan fingerprint density at radius 3 is 1.19 bits per heavy atom. The van der Waals surface area contributed by atoms with Crippen molar-refractivity contribution in [1.29, 1.82) is 0 Å². The van der Waals surface area contributed by atoms with Crippen LogP contribution in [0.2, 0.25) is 0 Å². The van der Waals surface area contributed by atoms with Gasteiger partial charge in [0.25, 0.3) is 0 Å².